The predicted octanol–water partition coefficient (Wildman–Crippen LogP) is 3.17. The third kappa shape index (κ3) is 5.09. The van der Waals surface area contributed by atoms with E-state index < -0.39 is 36.7 Å². The monoisotopic (exact) mass is 304 g/mol. The third-order valence-electron chi connectivity index (χ3n) is 2.59. The molecule has 7 heteroatoms. The molecule has 1 rings (SSSR count). The lowest BCUT2D eigenvalue weighted by Gasteiger charge is -2.22. The first kappa shape index (κ1) is 17.0. The zero-order valence-corrected chi connectivity index (χ0v) is 11.5. The fraction of sp³-hybridized carbons (Fsp3) is 0.429. The Kier molecular flexibility index (Phi) is 5.75. The van der Waals surface area contributed by atoms with Crippen LogP contribution in [-0.4, -0.2) is 24.2 Å². The van der Waals surface area contributed by atoms with Crippen LogP contribution in [0.1, 0.15) is 31.9 Å². The van der Waals surface area contributed by atoms with Crippen molar-refractivity contribution in [2.24, 2.45) is 0 Å². The van der Waals surface area contributed by atoms with Gasteiger partial charge in [-0.15, -0.1) is 0 Å². The first-order chi connectivity index (χ1) is 9.75. The van der Waals surface area contributed by atoms with E-state index >= 15 is 0 Å². The number of rotatable bonds is 5. The van der Waals surface area contributed by atoms with Gasteiger partial charge in [0, 0.05) is 12.5 Å². The smallest absolute Gasteiger partial charge is 0.425 e. The first-order valence-corrected chi connectivity index (χ1v) is 6.25. The fourth-order valence-electron chi connectivity index (χ4n) is 1.63. The van der Waals surface area contributed by atoms with Crippen LogP contribution in [0.15, 0.2) is 30.3 Å². The van der Waals surface area contributed by atoms with E-state index in [2.05, 4.69) is 4.74 Å². The van der Waals surface area contributed by atoms with Crippen molar-refractivity contribution < 1.29 is 32.2 Å². The fourth-order valence-corrected chi connectivity index (χ4v) is 1.63. The summed E-state index contributed by atoms with van der Waals surface area (Å²) in [6, 6.07) is 7.72. The van der Waals surface area contributed by atoms with Crippen LogP contribution < -0.4 is 0 Å². The molecule has 0 saturated heterocycles. The summed E-state index contributed by atoms with van der Waals surface area (Å²) in [7, 11) is 0. The predicted molar refractivity (Wildman–Crippen MR) is 67.2 cm³/mol. The van der Waals surface area contributed by atoms with Gasteiger partial charge in [0.1, 0.15) is 0 Å². The van der Waals surface area contributed by atoms with Crippen molar-refractivity contribution in [1.82, 2.24) is 0 Å². The zero-order valence-electron chi connectivity index (χ0n) is 11.5. The SMILES string of the molecule is CC[C@H](OC(=O)[C@@H](OC(C)=O)c1ccccc1)C(F)(F)F. The molecule has 4 nitrogen and oxygen atoms in total. The maximum absolute atomic E-state index is 12.6. The molecule has 1 aromatic rings. The Morgan fingerprint density at radius 3 is 2.14 bits per heavy atom. The van der Waals surface area contributed by atoms with Gasteiger partial charge in [-0.3, -0.25) is 4.79 Å². The number of esters is 2. The highest BCUT2D eigenvalue weighted by Crippen LogP contribution is 2.28. The number of benzene rings is 1. The van der Waals surface area contributed by atoms with E-state index in [1.165, 1.54) is 19.1 Å². The lowest BCUT2D eigenvalue weighted by atomic mass is 10.1. The van der Waals surface area contributed by atoms with E-state index in [4.69, 9.17) is 4.74 Å². The van der Waals surface area contributed by atoms with Crippen LogP contribution in [0.25, 0.3) is 0 Å². The van der Waals surface area contributed by atoms with Crippen LogP contribution in [0, 0.1) is 0 Å². The first-order valence-electron chi connectivity index (χ1n) is 6.25. The number of hydrogen-bond donors (Lipinski definition) is 0. The van der Waals surface area contributed by atoms with Crippen molar-refractivity contribution in [3.05, 3.63) is 35.9 Å². The second kappa shape index (κ2) is 7.10. The molecule has 1 aromatic carbocycles. The summed E-state index contributed by atoms with van der Waals surface area (Å²) < 4.78 is 47.1. The highest BCUT2D eigenvalue weighted by molar-refractivity contribution is 5.80. The second-order valence-corrected chi connectivity index (χ2v) is 4.28. The third-order valence-corrected chi connectivity index (χ3v) is 2.59. The topological polar surface area (TPSA) is 52.6 Å². The molecule has 0 fully saturated rings. The summed E-state index contributed by atoms with van der Waals surface area (Å²) in [5.41, 5.74) is 0.245. The second-order valence-electron chi connectivity index (χ2n) is 4.28. The molecule has 0 saturated carbocycles. The van der Waals surface area contributed by atoms with Crippen molar-refractivity contribution in [3.8, 4) is 0 Å². The van der Waals surface area contributed by atoms with Gasteiger partial charge in [0.15, 0.2) is 6.10 Å². The van der Waals surface area contributed by atoms with Crippen molar-refractivity contribution in [1.29, 1.82) is 0 Å². The lowest BCUT2D eigenvalue weighted by molar-refractivity contribution is -0.227. The molecule has 0 N–H and O–H groups in total. The molecule has 0 aromatic heterocycles. The number of halogens is 3. The summed E-state index contributed by atoms with van der Waals surface area (Å²) in [6.45, 7) is 2.30. The summed E-state index contributed by atoms with van der Waals surface area (Å²) in [6.07, 6.45) is -8.83. The minimum Gasteiger partial charge on any atom is -0.450 e. The molecule has 21 heavy (non-hydrogen) atoms. The summed E-state index contributed by atoms with van der Waals surface area (Å²) in [5, 5.41) is 0. The van der Waals surface area contributed by atoms with Crippen LogP contribution in [0.2, 0.25) is 0 Å². The van der Waals surface area contributed by atoms with Crippen molar-refractivity contribution in [2.45, 2.75) is 38.7 Å². The number of ether oxygens (including phenoxy) is 2. The van der Waals surface area contributed by atoms with Crippen molar-refractivity contribution in [3.63, 3.8) is 0 Å². The van der Waals surface area contributed by atoms with E-state index in [0.29, 0.717) is 0 Å². The van der Waals surface area contributed by atoms with E-state index in [1.807, 2.05) is 0 Å². The van der Waals surface area contributed by atoms with Gasteiger partial charge in [0.2, 0.25) is 6.10 Å². The molecule has 116 valence electrons. The maximum atomic E-state index is 12.6. The molecular formula is C14H15F3O4. The van der Waals surface area contributed by atoms with E-state index in [9.17, 15) is 22.8 Å². The number of carbonyl (C=O) groups excluding carboxylic acids is 2. The summed E-state index contributed by atoms with van der Waals surface area (Å²) in [4.78, 5) is 22.9. The molecule has 0 aliphatic heterocycles. The molecule has 0 heterocycles. The Bertz CT molecular complexity index is 485. The van der Waals surface area contributed by atoms with E-state index in [1.54, 1.807) is 18.2 Å². The minimum absolute atomic E-state index is 0.245. The van der Waals surface area contributed by atoms with Crippen LogP contribution in [0.3, 0.4) is 0 Å². The van der Waals surface area contributed by atoms with Crippen LogP contribution in [0.4, 0.5) is 13.2 Å². The largest absolute Gasteiger partial charge is 0.450 e. The number of hydrogen-bond acceptors (Lipinski definition) is 4. The summed E-state index contributed by atoms with van der Waals surface area (Å²) in [5.74, 6) is -2.04. The Balaban J connectivity index is 2.94. The quantitative estimate of drug-likeness (QED) is 0.784. The molecule has 0 unspecified atom stereocenters. The maximum Gasteiger partial charge on any atom is 0.425 e. The Labute approximate surface area is 119 Å². The van der Waals surface area contributed by atoms with Gasteiger partial charge in [-0.05, 0) is 6.42 Å². The van der Waals surface area contributed by atoms with Gasteiger partial charge in [-0.1, -0.05) is 37.3 Å². The molecule has 0 bridgehead atoms. The highest BCUT2D eigenvalue weighted by Gasteiger charge is 2.43. The van der Waals surface area contributed by atoms with Gasteiger partial charge in [0.05, 0.1) is 0 Å². The molecule has 2 atom stereocenters. The average Bonchev–Trinajstić information content (AvgIpc) is 2.41. The number of alkyl halides is 3. The Hall–Kier alpha value is -2.05. The van der Waals surface area contributed by atoms with Gasteiger partial charge in [-0.2, -0.15) is 13.2 Å². The van der Waals surface area contributed by atoms with Crippen molar-refractivity contribution in [2.75, 3.05) is 0 Å². The Morgan fingerprint density at radius 2 is 1.71 bits per heavy atom. The van der Waals surface area contributed by atoms with Crippen molar-refractivity contribution >= 4 is 11.9 Å². The van der Waals surface area contributed by atoms with Crippen LogP contribution in [0.5, 0.6) is 0 Å². The normalized spacial score (nSPS) is 14.1. The molecular weight excluding hydrogens is 289 g/mol. The zero-order chi connectivity index (χ0) is 16.0. The molecule has 0 radical (unpaired) electrons. The van der Waals surface area contributed by atoms with E-state index in [0.717, 1.165) is 6.92 Å². The van der Waals surface area contributed by atoms with Crippen LogP contribution in [-0.2, 0) is 19.1 Å². The van der Waals surface area contributed by atoms with Crippen LogP contribution >= 0.6 is 0 Å². The molecule has 0 aliphatic carbocycles. The van der Waals surface area contributed by atoms with Gasteiger partial charge in [0.25, 0.3) is 0 Å². The number of carbonyl (C=O) groups is 2. The van der Waals surface area contributed by atoms with E-state index in [-0.39, 0.29) is 5.56 Å². The summed E-state index contributed by atoms with van der Waals surface area (Å²) >= 11 is 0. The Morgan fingerprint density at radius 1 is 1.14 bits per heavy atom. The average molecular weight is 304 g/mol. The molecule has 0 aliphatic rings. The highest BCUT2D eigenvalue weighted by atomic mass is 19.4. The lowest BCUT2D eigenvalue weighted by Crippen LogP contribution is -2.35. The van der Waals surface area contributed by atoms with Gasteiger partial charge >= 0.3 is 18.1 Å². The molecule has 0 amide bonds. The standard InChI is InChI=1S/C14H15F3O4/c1-3-11(14(15,16)17)21-13(19)12(20-9(2)18)10-7-5-4-6-8-10/h4-8,11-12H,3H2,1-2H3/t11-,12-/m0/s1. The van der Waals surface area contributed by atoms with Gasteiger partial charge < -0.3 is 9.47 Å². The molecule has 0 spiro atoms. The van der Waals surface area contributed by atoms with Gasteiger partial charge in [-0.25, -0.2) is 4.79 Å². The minimum atomic E-state index is -4.66.